The van der Waals surface area contributed by atoms with Crippen molar-refractivity contribution >= 4 is 29.2 Å². The second-order valence-electron chi connectivity index (χ2n) is 5.54. The first-order valence-corrected chi connectivity index (χ1v) is 8.62. The van der Waals surface area contributed by atoms with Crippen molar-refractivity contribution in [3.05, 3.63) is 46.4 Å². The van der Waals surface area contributed by atoms with E-state index in [1.807, 2.05) is 6.07 Å². The van der Waals surface area contributed by atoms with Crippen molar-refractivity contribution in [2.75, 3.05) is 27.1 Å². The number of methoxy groups -OCH3 is 3. The van der Waals surface area contributed by atoms with Gasteiger partial charge in [-0.05, 0) is 30.3 Å². The molecule has 2 N–H and O–H groups in total. The molecule has 0 saturated carbocycles. The van der Waals surface area contributed by atoms with Crippen LogP contribution in [0.1, 0.15) is 0 Å². The van der Waals surface area contributed by atoms with Crippen molar-refractivity contribution in [1.82, 2.24) is 9.97 Å². The maximum Gasteiger partial charge on any atom is 0.221 e. The molecular formula is C19H17Cl2N3O3. The normalized spacial score (nSPS) is 10.6. The highest BCUT2D eigenvalue weighted by Crippen LogP contribution is 2.41. The summed E-state index contributed by atoms with van der Waals surface area (Å²) < 4.78 is 16.2. The first-order chi connectivity index (χ1) is 13.0. The lowest BCUT2D eigenvalue weighted by Crippen LogP contribution is -2.00. The number of anilines is 1. The van der Waals surface area contributed by atoms with Crippen molar-refractivity contribution in [2.24, 2.45) is 0 Å². The van der Waals surface area contributed by atoms with Crippen molar-refractivity contribution in [3.8, 4) is 39.8 Å². The minimum atomic E-state index is 0.127. The van der Waals surface area contributed by atoms with E-state index in [0.29, 0.717) is 38.7 Å². The molecule has 0 spiro atoms. The summed E-state index contributed by atoms with van der Waals surface area (Å²) in [4.78, 5) is 8.63. The van der Waals surface area contributed by atoms with Gasteiger partial charge >= 0.3 is 0 Å². The number of aromatic nitrogens is 2. The van der Waals surface area contributed by atoms with Gasteiger partial charge in [-0.15, -0.1) is 0 Å². The summed E-state index contributed by atoms with van der Waals surface area (Å²) in [5.41, 5.74) is 8.65. The van der Waals surface area contributed by atoms with Crippen LogP contribution in [-0.2, 0) is 0 Å². The van der Waals surface area contributed by atoms with E-state index >= 15 is 0 Å². The number of hydrogen-bond donors (Lipinski definition) is 1. The lowest BCUT2D eigenvalue weighted by Gasteiger charge is -2.14. The van der Waals surface area contributed by atoms with Crippen LogP contribution in [0, 0.1) is 0 Å². The Labute approximate surface area is 166 Å². The van der Waals surface area contributed by atoms with E-state index in [2.05, 4.69) is 9.97 Å². The average Bonchev–Trinajstić information content (AvgIpc) is 2.68. The molecule has 0 aliphatic carbocycles. The fourth-order valence-electron chi connectivity index (χ4n) is 2.65. The zero-order valence-electron chi connectivity index (χ0n) is 14.9. The topological polar surface area (TPSA) is 79.5 Å². The largest absolute Gasteiger partial charge is 0.493 e. The Morgan fingerprint density at radius 1 is 0.741 bits per heavy atom. The van der Waals surface area contributed by atoms with Crippen molar-refractivity contribution in [2.45, 2.75) is 0 Å². The minimum Gasteiger partial charge on any atom is -0.493 e. The van der Waals surface area contributed by atoms with Gasteiger partial charge in [0.1, 0.15) is 0 Å². The van der Waals surface area contributed by atoms with E-state index in [1.165, 1.54) is 0 Å². The summed E-state index contributed by atoms with van der Waals surface area (Å²) in [6.45, 7) is 0. The van der Waals surface area contributed by atoms with Gasteiger partial charge in [0.05, 0.1) is 42.8 Å². The highest BCUT2D eigenvalue weighted by molar-refractivity contribution is 6.42. The first kappa shape index (κ1) is 19.1. The number of benzene rings is 2. The smallest absolute Gasteiger partial charge is 0.221 e. The van der Waals surface area contributed by atoms with E-state index in [4.69, 9.17) is 43.1 Å². The Bertz CT molecular complexity index is 971. The predicted octanol–water partition coefficient (Wildman–Crippen LogP) is 4.73. The van der Waals surface area contributed by atoms with Gasteiger partial charge < -0.3 is 19.9 Å². The van der Waals surface area contributed by atoms with Gasteiger partial charge in [0, 0.05) is 11.1 Å². The van der Waals surface area contributed by atoms with E-state index in [9.17, 15) is 0 Å². The molecule has 0 saturated heterocycles. The summed E-state index contributed by atoms with van der Waals surface area (Å²) >= 11 is 12.1. The Kier molecular flexibility index (Phi) is 5.58. The summed E-state index contributed by atoms with van der Waals surface area (Å²) in [6, 6.07) is 10.6. The Morgan fingerprint density at radius 2 is 1.33 bits per heavy atom. The molecule has 8 heteroatoms. The molecule has 27 heavy (non-hydrogen) atoms. The van der Waals surface area contributed by atoms with Crippen LogP contribution in [0.3, 0.4) is 0 Å². The van der Waals surface area contributed by atoms with Gasteiger partial charge in [0.15, 0.2) is 11.5 Å². The second kappa shape index (κ2) is 7.90. The zero-order valence-corrected chi connectivity index (χ0v) is 16.4. The lowest BCUT2D eigenvalue weighted by atomic mass is 10.1. The third-order valence-electron chi connectivity index (χ3n) is 3.92. The van der Waals surface area contributed by atoms with Gasteiger partial charge in [-0.2, -0.15) is 0 Å². The van der Waals surface area contributed by atoms with Crippen LogP contribution < -0.4 is 19.9 Å². The molecule has 0 amide bonds. The molecule has 0 aliphatic rings. The summed E-state index contributed by atoms with van der Waals surface area (Å²) in [5.74, 6) is 1.65. The van der Waals surface area contributed by atoms with Crippen LogP contribution in [0.15, 0.2) is 36.4 Å². The molecule has 3 rings (SSSR count). The van der Waals surface area contributed by atoms with Gasteiger partial charge in [-0.1, -0.05) is 29.3 Å². The molecule has 0 bridgehead atoms. The van der Waals surface area contributed by atoms with Gasteiger partial charge in [-0.3, -0.25) is 0 Å². The number of nitrogen functional groups attached to an aromatic ring is 1. The Balaban J connectivity index is 2.15. The van der Waals surface area contributed by atoms with Crippen LogP contribution in [0.4, 0.5) is 5.95 Å². The Morgan fingerprint density at radius 3 is 1.85 bits per heavy atom. The second-order valence-corrected chi connectivity index (χ2v) is 6.35. The van der Waals surface area contributed by atoms with E-state index < -0.39 is 0 Å². The van der Waals surface area contributed by atoms with Crippen molar-refractivity contribution in [1.29, 1.82) is 0 Å². The molecule has 1 aromatic heterocycles. The van der Waals surface area contributed by atoms with Gasteiger partial charge in [0.2, 0.25) is 11.7 Å². The molecule has 140 valence electrons. The monoisotopic (exact) mass is 405 g/mol. The number of ether oxygens (including phenoxy) is 3. The number of rotatable bonds is 5. The van der Waals surface area contributed by atoms with Crippen LogP contribution in [0.2, 0.25) is 10.0 Å². The summed E-state index contributed by atoms with van der Waals surface area (Å²) in [6.07, 6.45) is 0. The van der Waals surface area contributed by atoms with Crippen molar-refractivity contribution in [3.63, 3.8) is 0 Å². The number of halogens is 2. The average molecular weight is 406 g/mol. The fourth-order valence-corrected chi connectivity index (χ4v) is 2.94. The van der Waals surface area contributed by atoms with E-state index in [1.54, 1.807) is 51.7 Å². The zero-order chi connectivity index (χ0) is 19.6. The predicted molar refractivity (Wildman–Crippen MR) is 107 cm³/mol. The molecule has 0 aliphatic heterocycles. The molecule has 6 nitrogen and oxygen atoms in total. The molecule has 2 aromatic carbocycles. The van der Waals surface area contributed by atoms with Crippen LogP contribution in [0.5, 0.6) is 17.2 Å². The van der Waals surface area contributed by atoms with Gasteiger partial charge in [-0.25, -0.2) is 9.97 Å². The molecule has 3 aromatic rings. The van der Waals surface area contributed by atoms with Crippen molar-refractivity contribution < 1.29 is 14.2 Å². The van der Waals surface area contributed by atoms with E-state index in [0.717, 1.165) is 11.1 Å². The summed E-state index contributed by atoms with van der Waals surface area (Å²) in [5, 5.41) is 0.896. The van der Waals surface area contributed by atoms with E-state index in [-0.39, 0.29) is 5.95 Å². The Hall–Kier alpha value is -2.70. The standard InChI is InChI=1S/C19H17Cl2N3O3/c1-25-16-7-11(8-17(26-2)18(16)27-3)15-9-14(23-19(22)24-15)10-4-5-12(20)13(21)6-10/h4-9H,1-3H3,(H2,22,23,24). The number of hydrogen-bond acceptors (Lipinski definition) is 6. The van der Waals surface area contributed by atoms with Crippen LogP contribution in [0.25, 0.3) is 22.5 Å². The fraction of sp³-hybridized carbons (Fsp3) is 0.158. The van der Waals surface area contributed by atoms with Crippen LogP contribution >= 0.6 is 23.2 Å². The van der Waals surface area contributed by atoms with Gasteiger partial charge in [0.25, 0.3) is 0 Å². The maximum absolute atomic E-state index is 6.12. The SMILES string of the molecule is COc1cc(-c2cc(-c3ccc(Cl)c(Cl)c3)nc(N)n2)cc(OC)c1OC. The first-order valence-electron chi connectivity index (χ1n) is 7.87. The molecule has 0 fully saturated rings. The molecular weight excluding hydrogens is 389 g/mol. The molecule has 0 unspecified atom stereocenters. The molecule has 0 atom stereocenters. The highest BCUT2D eigenvalue weighted by Gasteiger charge is 2.16. The molecule has 1 heterocycles. The quantitative estimate of drug-likeness (QED) is 0.660. The lowest BCUT2D eigenvalue weighted by molar-refractivity contribution is 0.324. The van der Waals surface area contributed by atoms with Crippen LogP contribution in [-0.4, -0.2) is 31.3 Å². The molecule has 0 radical (unpaired) electrons. The third-order valence-corrected chi connectivity index (χ3v) is 4.66. The summed E-state index contributed by atoms with van der Waals surface area (Å²) in [7, 11) is 4.65. The number of nitrogens with two attached hydrogens (primary N) is 1. The number of nitrogens with zero attached hydrogens (tertiary/aromatic N) is 2. The highest BCUT2D eigenvalue weighted by atomic mass is 35.5. The maximum atomic E-state index is 6.12. The third kappa shape index (κ3) is 3.86. The minimum absolute atomic E-state index is 0.127.